The highest BCUT2D eigenvalue weighted by atomic mass is 16.3. The van der Waals surface area contributed by atoms with Crippen LogP contribution in [-0.4, -0.2) is 57.3 Å². The first kappa shape index (κ1) is 21.6. The summed E-state index contributed by atoms with van der Waals surface area (Å²) in [6, 6.07) is 10.9. The average molecular weight is 409 g/mol. The monoisotopic (exact) mass is 409 g/mol. The molecule has 0 saturated carbocycles. The van der Waals surface area contributed by atoms with Gasteiger partial charge in [0.05, 0.1) is 18.6 Å². The van der Waals surface area contributed by atoms with E-state index in [0.717, 1.165) is 11.1 Å². The number of aryl methyl sites for hydroxylation is 1. The standard InChI is InChI=1S/C23H27N3O4/c1-3-25(12-13-27)20(28)14-23(19-7-5-4-6-17(19)2)15-21(29)26(22(23)30)16-18-8-10-24-11-9-18/h4-11,27H,3,12-16H2,1-2H3/t23-/m1/s1. The number of nitrogens with zero attached hydrogens (tertiary/aromatic N) is 3. The SMILES string of the molecule is CCN(CCO)C(=O)C[C@]1(c2ccccc2C)CC(=O)N(Cc2ccncc2)C1=O. The fraction of sp³-hybridized carbons (Fsp3) is 0.391. The second kappa shape index (κ2) is 9.17. The van der Waals surface area contributed by atoms with Crippen LogP contribution in [0.4, 0.5) is 0 Å². The predicted octanol–water partition coefficient (Wildman–Crippen LogP) is 1.82. The molecule has 2 heterocycles. The fourth-order valence-electron chi connectivity index (χ4n) is 4.13. The van der Waals surface area contributed by atoms with Crippen molar-refractivity contribution in [2.45, 2.75) is 38.6 Å². The zero-order valence-electron chi connectivity index (χ0n) is 17.4. The van der Waals surface area contributed by atoms with E-state index >= 15 is 0 Å². The van der Waals surface area contributed by atoms with Crippen molar-refractivity contribution >= 4 is 17.7 Å². The number of carbonyl (C=O) groups excluding carboxylic acids is 3. The molecule has 1 aliphatic rings. The van der Waals surface area contributed by atoms with Crippen molar-refractivity contribution in [3.05, 3.63) is 65.5 Å². The van der Waals surface area contributed by atoms with E-state index in [2.05, 4.69) is 4.98 Å². The molecule has 0 spiro atoms. The molecular weight excluding hydrogens is 382 g/mol. The lowest BCUT2D eigenvalue weighted by molar-refractivity contribution is -0.143. The molecule has 1 saturated heterocycles. The number of aliphatic hydroxyl groups excluding tert-OH is 1. The molecule has 1 fully saturated rings. The van der Waals surface area contributed by atoms with Crippen LogP contribution >= 0.6 is 0 Å². The number of likely N-dealkylation sites (N-methyl/N-ethyl adjacent to an activating group) is 1. The highest BCUT2D eigenvalue weighted by Gasteiger charge is 2.54. The van der Waals surface area contributed by atoms with E-state index in [1.807, 2.05) is 38.1 Å². The van der Waals surface area contributed by atoms with Crippen molar-refractivity contribution in [3.8, 4) is 0 Å². The van der Waals surface area contributed by atoms with Gasteiger partial charge in [-0.05, 0) is 42.7 Å². The molecular formula is C23H27N3O4. The lowest BCUT2D eigenvalue weighted by atomic mass is 9.74. The number of amides is 3. The van der Waals surface area contributed by atoms with Crippen LogP contribution in [0.1, 0.15) is 36.5 Å². The zero-order valence-corrected chi connectivity index (χ0v) is 17.4. The molecule has 1 N–H and O–H groups in total. The van der Waals surface area contributed by atoms with E-state index in [-0.39, 0.29) is 50.3 Å². The molecule has 0 aliphatic carbocycles. The summed E-state index contributed by atoms with van der Waals surface area (Å²) in [5.74, 6) is -0.896. The molecule has 2 aromatic rings. The van der Waals surface area contributed by atoms with Gasteiger partial charge in [0.2, 0.25) is 17.7 Å². The third-order valence-corrected chi connectivity index (χ3v) is 5.72. The van der Waals surface area contributed by atoms with Crippen LogP contribution in [0.3, 0.4) is 0 Å². The molecule has 158 valence electrons. The molecule has 0 radical (unpaired) electrons. The molecule has 0 bridgehead atoms. The summed E-state index contributed by atoms with van der Waals surface area (Å²) < 4.78 is 0. The molecule has 30 heavy (non-hydrogen) atoms. The molecule has 0 unspecified atom stereocenters. The molecule has 1 aliphatic heterocycles. The van der Waals surface area contributed by atoms with E-state index in [4.69, 9.17) is 0 Å². The maximum Gasteiger partial charge on any atom is 0.241 e. The second-order valence-corrected chi connectivity index (χ2v) is 7.59. The van der Waals surface area contributed by atoms with E-state index < -0.39 is 5.41 Å². The minimum absolute atomic E-state index is 0.0514. The Morgan fingerprint density at radius 2 is 1.90 bits per heavy atom. The third kappa shape index (κ3) is 4.11. The maximum atomic E-state index is 13.7. The Kier molecular flexibility index (Phi) is 6.62. The Labute approximate surface area is 176 Å². The van der Waals surface area contributed by atoms with E-state index in [0.29, 0.717) is 12.1 Å². The number of aromatic nitrogens is 1. The quantitative estimate of drug-likeness (QED) is 0.672. The summed E-state index contributed by atoms with van der Waals surface area (Å²) in [6.07, 6.45) is 3.08. The van der Waals surface area contributed by atoms with Gasteiger partial charge in [-0.15, -0.1) is 0 Å². The minimum atomic E-state index is -1.24. The number of imide groups is 1. The number of benzene rings is 1. The molecule has 7 heteroatoms. The topological polar surface area (TPSA) is 90.8 Å². The van der Waals surface area contributed by atoms with Gasteiger partial charge in [0.15, 0.2) is 0 Å². The summed E-state index contributed by atoms with van der Waals surface area (Å²) in [6.45, 7) is 4.32. The van der Waals surface area contributed by atoms with Crippen LogP contribution in [0.25, 0.3) is 0 Å². The number of likely N-dealkylation sites (tertiary alicyclic amines) is 1. The van der Waals surface area contributed by atoms with Crippen LogP contribution in [0.2, 0.25) is 0 Å². The predicted molar refractivity (Wildman–Crippen MR) is 111 cm³/mol. The van der Waals surface area contributed by atoms with Gasteiger partial charge in [-0.1, -0.05) is 24.3 Å². The molecule has 3 rings (SSSR count). The number of carbonyl (C=O) groups is 3. The summed E-state index contributed by atoms with van der Waals surface area (Å²) in [7, 11) is 0. The van der Waals surface area contributed by atoms with Crippen LogP contribution in [-0.2, 0) is 26.3 Å². The summed E-state index contributed by atoms with van der Waals surface area (Å²) >= 11 is 0. The summed E-state index contributed by atoms with van der Waals surface area (Å²) in [5, 5.41) is 9.27. The van der Waals surface area contributed by atoms with Gasteiger partial charge in [-0.3, -0.25) is 24.3 Å². The van der Waals surface area contributed by atoms with Crippen molar-refractivity contribution in [3.63, 3.8) is 0 Å². The maximum absolute atomic E-state index is 13.7. The van der Waals surface area contributed by atoms with Crippen LogP contribution in [0.5, 0.6) is 0 Å². The third-order valence-electron chi connectivity index (χ3n) is 5.72. The van der Waals surface area contributed by atoms with Gasteiger partial charge >= 0.3 is 0 Å². The first-order chi connectivity index (χ1) is 14.4. The number of rotatable bonds is 8. The van der Waals surface area contributed by atoms with Gasteiger partial charge in [-0.2, -0.15) is 0 Å². The number of pyridine rings is 1. The van der Waals surface area contributed by atoms with Gasteiger partial charge in [-0.25, -0.2) is 0 Å². The Hall–Kier alpha value is -3.06. The minimum Gasteiger partial charge on any atom is -0.395 e. The highest BCUT2D eigenvalue weighted by molar-refractivity contribution is 6.10. The first-order valence-electron chi connectivity index (χ1n) is 10.1. The van der Waals surface area contributed by atoms with Gasteiger partial charge in [0, 0.05) is 38.3 Å². The smallest absolute Gasteiger partial charge is 0.241 e. The molecule has 1 aromatic heterocycles. The van der Waals surface area contributed by atoms with Crippen molar-refractivity contribution < 1.29 is 19.5 Å². The number of aliphatic hydroxyl groups is 1. The van der Waals surface area contributed by atoms with E-state index in [1.165, 1.54) is 9.80 Å². The number of hydrogen-bond donors (Lipinski definition) is 1. The largest absolute Gasteiger partial charge is 0.395 e. The summed E-state index contributed by atoms with van der Waals surface area (Å²) in [4.78, 5) is 46.4. The molecule has 1 aromatic carbocycles. The lowest BCUT2D eigenvalue weighted by Crippen LogP contribution is -2.44. The van der Waals surface area contributed by atoms with E-state index in [9.17, 15) is 19.5 Å². The first-order valence-corrected chi connectivity index (χ1v) is 10.1. The zero-order chi connectivity index (χ0) is 21.7. The fourth-order valence-corrected chi connectivity index (χ4v) is 4.13. The average Bonchev–Trinajstić information content (AvgIpc) is 2.97. The highest BCUT2D eigenvalue weighted by Crippen LogP contribution is 2.42. The van der Waals surface area contributed by atoms with Crippen LogP contribution in [0, 0.1) is 6.92 Å². The van der Waals surface area contributed by atoms with Gasteiger partial charge in [0.25, 0.3) is 0 Å². The molecule has 3 amide bonds. The van der Waals surface area contributed by atoms with Crippen molar-refractivity contribution in [2.24, 2.45) is 0 Å². The van der Waals surface area contributed by atoms with Crippen molar-refractivity contribution in [2.75, 3.05) is 19.7 Å². The Balaban J connectivity index is 2.00. The van der Waals surface area contributed by atoms with Crippen LogP contribution in [0.15, 0.2) is 48.8 Å². The Bertz CT molecular complexity index is 931. The van der Waals surface area contributed by atoms with Crippen molar-refractivity contribution in [1.82, 2.24) is 14.8 Å². The van der Waals surface area contributed by atoms with Gasteiger partial charge in [0.1, 0.15) is 0 Å². The Morgan fingerprint density at radius 3 is 2.53 bits per heavy atom. The molecule has 7 nitrogen and oxygen atoms in total. The van der Waals surface area contributed by atoms with E-state index in [1.54, 1.807) is 24.5 Å². The van der Waals surface area contributed by atoms with Crippen molar-refractivity contribution in [1.29, 1.82) is 0 Å². The Morgan fingerprint density at radius 1 is 1.20 bits per heavy atom. The summed E-state index contributed by atoms with van der Waals surface area (Å²) in [5.41, 5.74) is 1.13. The molecule has 1 atom stereocenters. The van der Waals surface area contributed by atoms with Gasteiger partial charge < -0.3 is 10.0 Å². The normalized spacial score (nSPS) is 18.7. The number of hydrogen-bond acceptors (Lipinski definition) is 5. The van der Waals surface area contributed by atoms with Crippen LogP contribution < -0.4 is 0 Å². The second-order valence-electron chi connectivity index (χ2n) is 7.59. The lowest BCUT2D eigenvalue weighted by Gasteiger charge is -2.31.